The molecule has 0 bridgehead atoms. The third-order valence-electron chi connectivity index (χ3n) is 2.69. The molecule has 2 aliphatic rings. The van der Waals surface area contributed by atoms with Crippen LogP contribution in [0.2, 0.25) is 0 Å². The molecule has 3 N–H and O–H groups in total. The van der Waals surface area contributed by atoms with Gasteiger partial charge in [-0.3, -0.25) is 0 Å². The summed E-state index contributed by atoms with van der Waals surface area (Å²) in [6, 6.07) is 0. The van der Waals surface area contributed by atoms with Crippen LogP contribution in [0.4, 0.5) is 0 Å². The van der Waals surface area contributed by atoms with Crippen LogP contribution in [-0.2, 0) is 9.47 Å². The smallest absolute Gasteiger partial charge is 0.187 e. The van der Waals surface area contributed by atoms with Crippen LogP contribution in [0, 0.1) is 11.8 Å². The minimum atomic E-state index is -1.05. The van der Waals surface area contributed by atoms with Gasteiger partial charge in [-0.2, -0.15) is 0 Å². The topological polar surface area (TPSA) is 82.5 Å². The first kappa shape index (κ1) is 11.6. The second-order valence-electron chi connectivity index (χ2n) is 3.89. The lowest BCUT2D eigenvalue weighted by molar-refractivity contribution is 0.0979. The Bertz CT molecular complexity index is 355. The predicted molar refractivity (Wildman–Crippen MR) is 54.4 cm³/mol. The normalized spacial score (nSPS) is 41.9. The number of aliphatic hydroxyl groups excluding tert-OH is 3. The maximum absolute atomic E-state index is 9.69. The zero-order chi connectivity index (χ0) is 11.8. The Kier molecular flexibility index (Phi) is 3.02. The Hall–Kier alpha value is -0.900. The zero-order valence-corrected chi connectivity index (χ0v) is 8.83. The van der Waals surface area contributed by atoms with E-state index in [0.29, 0.717) is 0 Å². The van der Waals surface area contributed by atoms with Crippen molar-refractivity contribution in [2.24, 2.45) is 0 Å². The third kappa shape index (κ3) is 1.86. The van der Waals surface area contributed by atoms with Crippen molar-refractivity contribution in [2.75, 3.05) is 13.7 Å². The maximum Gasteiger partial charge on any atom is 0.187 e. The van der Waals surface area contributed by atoms with Gasteiger partial charge < -0.3 is 24.8 Å². The molecule has 0 saturated carbocycles. The first-order valence-corrected chi connectivity index (χ1v) is 5.02. The summed E-state index contributed by atoms with van der Waals surface area (Å²) in [5.41, 5.74) is -1.05. The first-order chi connectivity index (χ1) is 7.60. The number of rotatable bonds is 2. The van der Waals surface area contributed by atoms with E-state index in [4.69, 9.17) is 9.47 Å². The standard InChI is InChI=1S/C11H14O5/c1-15-6-7(12)4-5-11-9(14)3-2-8(13)10(11)16-11/h2-3,7-10,12-14H,6H2,1H3. The maximum atomic E-state index is 9.69. The molecule has 0 amide bonds. The molecule has 1 heterocycles. The van der Waals surface area contributed by atoms with E-state index in [2.05, 4.69) is 11.8 Å². The van der Waals surface area contributed by atoms with E-state index >= 15 is 0 Å². The molecule has 0 aromatic rings. The molecule has 5 atom stereocenters. The van der Waals surface area contributed by atoms with Gasteiger partial charge >= 0.3 is 0 Å². The van der Waals surface area contributed by atoms with E-state index in [1.807, 2.05) is 0 Å². The number of hydrogen-bond acceptors (Lipinski definition) is 5. The van der Waals surface area contributed by atoms with Gasteiger partial charge in [-0.1, -0.05) is 24.0 Å². The van der Waals surface area contributed by atoms with Crippen molar-refractivity contribution in [2.45, 2.75) is 30.0 Å². The minimum absolute atomic E-state index is 0.0994. The number of methoxy groups -OCH3 is 1. The fraction of sp³-hybridized carbons (Fsp3) is 0.636. The minimum Gasteiger partial charge on any atom is -0.386 e. The Labute approximate surface area is 93.3 Å². The monoisotopic (exact) mass is 226 g/mol. The molecule has 2 rings (SSSR count). The fourth-order valence-electron chi connectivity index (χ4n) is 1.77. The van der Waals surface area contributed by atoms with Crippen LogP contribution < -0.4 is 0 Å². The van der Waals surface area contributed by atoms with Crippen molar-refractivity contribution in [3.05, 3.63) is 12.2 Å². The second-order valence-corrected chi connectivity index (χ2v) is 3.89. The highest BCUT2D eigenvalue weighted by Gasteiger charge is 2.64. The predicted octanol–water partition coefficient (Wildman–Crippen LogP) is -1.57. The fourth-order valence-corrected chi connectivity index (χ4v) is 1.77. The summed E-state index contributed by atoms with van der Waals surface area (Å²) >= 11 is 0. The van der Waals surface area contributed by atoms with Crippen LogP contribution in [0.1, 0.15) is 0 Å². The van der Waals surface area contributed by atoms with Gasteiger partial charge in [-0.15, -0.1) is 0 Å². The molecule has 0 aromatic heterocycles. The van der Waals surface area contributed by atoms with Crippen molar-refractivity contribution in [1.82, 2.24) is 0 Å². The molecular formula is C11H14O5. The summed E-state index contributed by atoms with van der Waals surface area (Å²) in [6.07, 6.45) is -0.117. The molecule has 0 radical (unpaired) electrons. The molecule has 1 aliphatic carbocycles. The first-order valence-electron chi connectivity index (χ1n) is 5.02. The van der Waals surface area contributed by atoms with Crippen molar-refractivity contribution < 1.29 is 24.8 Å². The van der Waals surface area contributed by atoms with Crippen molar-refractivity contribution in [1.29, 1.82) is 0 Å². The van der Waals surface area contributed by atoms with Gasteiger partial charge in [0.15, 0.2) is 5.60 Å². The van der Waals surface area contributed by atoms with Gasteiger partial charge in [0.25, 0.3) is 0 Å². The van der Waals surface area contributed by atoms with Gasteiger partial charge in [0.05, 0.1) is 6.61 Å². The summed E-state index contributed by atoms with van der Waals surface area (Å²) in [5, 5.41) is 28.5. The van der Waals surface area contributed by atoms with Gasteiger partial charge in [0.1, 0.15) is 24.4 Å². The van der Waals surface area contributed by atoms with Crippen molar-refractivity contribution in [3.8, 4) is 11.8 Å². The molecule has 5 heteroatoms. The number of aliphatic hydroxyl groups is 3. The second kappa shape index (κ2) is 4.17. The average Bonchev–Trinajstić information content (AvgIpc) is 2.99. The third-order valence-corrected chi connectivity index (χ3v) is 2.69. The summed E-state index contributed by atoms with van der Waals surface area (Å²) in [5.74, 6) is 5.21. The quantitative estimate of drug-likeness (QED) is 0.301. The highest BCUT2D eigenvalue weighted by Crippen LogP contribution is 2.44. The van der Waals surface area contributed by atoms with E-state index in [-0.39, 0.29) is 6.61 Å². The number of hydrogen-bond donors (Lipinski definition) is 3. The molecule has 0 aromatic carbocycles. The van der Waals surface area contributed by atoms with Crippen LogP contribution >= 0.6 is 0 Å². The van der Waals surface area contributed by atoms with E-state index in [0.717, 1.165) is 0 Å². The molecular weight excluding hydrogens is 212 g/mol. The molecule has 1 saturated heterocycles. The molecule has 16 heavy (non-hydrogen) atoms. The molecule has 1 fully saturated rings. The van der Waals surface area contributed by atoms with Gasteiger partial charge in [-0.05, 0) is 0 Å². The van der Waals surface area contributed by atoms with Gasteiger partial charge in [0.2, 0.25) is 0 Å². The van der Waals surface area contributed by atoms with Crippen LogP contribution in [0.15, 0.2) is 12.2 Å². The lowest BCUT2D eigenvalue weighted by Gasteiger charge is -2.16. The summed E-state index contributed by atoms with van der Waals surface area (Å²) < 4.78 is 9.95. The van der Waals surface area contributed by atoms with Crippen LogP contribution in [0.5, 0.6) is 0 Å². The molecule has 1 aliphatic heterocycles. The number of fused-ring (bicyclic) bond motifs is 1. The van der Waals surface area contributed by atoms with Crippen LogP contribution in [0.3, 0.4) is 0 Å². The van der Waals surface area contributed by atoms with Crippen molar-refractivity contribution in [3.63, 3.8) is 0 Å². The number of ether oxygens (including phenoxy) is 2. The molecule has 88 valence electrons. The SMILES string of the molecule is COCC(O)C#CC12OC1C(O)C=CC2O. The average molecular weight is 226 g/mol. The molecule has 5 nitrogen and oxygen atoms in total. The highest BCUT2D eigenvalue weighted by molar-refractivity contribution is 5.37. The Morgan fingerprint density at radius 3 is 2.94 bits per heavy atom. The number of epoxide rings is 1. The lowest BCUT2D eigenvalue weighted by atomic mass is 9.90. The largest absolute Gasteiger partial charge is 0.386 e. The van der Waals surface area contributed by atoms with E-state index in [9.17, 15) is 15.3 Å². The van der Waals surface area contributed by atoms with E-state index < -0.39 is 30.0 Å². The van der Waals surface area contributed by atoms with E-state index in [1.54, 1.807) is 0 Å². The summed E-state index contributed by atoms with van der Waals surface area (Å²) in [7, 11) is 1.46. The lowest BCUT2D eigenvalue weighted by Crippen LogP contribution is -2.37. The Morgan fingerprint density at radius 1 is 1.50 bits per heavy atom. The van der Waals surface area contributed by atoms with Crippen molar-refractivity contribution >= 4 is 0 Å². The highest BCUT2D eigenvalue weighted by atomic mass is 16.6. The summed E-state index contributed by atoms with van der Waals surface area (Å²) in [4.78, 5) is 0. The molecule has 5 unspecified atom stereocenters. The Morgan fingerprint density at radius 2 is 2.25 bits per heavy atom. The summed E-state index contributed by atoms with van der Waals surface area (Å²) in [6.45, 7) is 0.0994. The van der Waals surface area contributed by atoms with Crippen LogP contribution in [-0.4, -0.2) is 59.1 Å². The zero-order valence-electron chi connectivity index (χ0n) is 8.83. The van der Waals surface area contributed by atoms with E-state index in [1.165, 1.54) is 19.3 Å². The van der Waals surface area contributed by atoms with Gasteiger partial charge in [-0.25, -0.2) is 0 Å². The van der Waals surface area contributed by atoms with Gasteiger partial charge in [0, 0.05) is 7.11 Å². The molecule has 0 spiro atoms. The Balaban J connectivity index is 2.08. The van der Waals surface area contributed by atoms with Crippen LogP contribution in [0.25, 0.3) is 0 Å².